The third-order valence-electron chi connectivity index (χ3n) is 7.32. The summed E-state index contributed by atoms with van der Waals surface area (Å²) in [7, 11) is 0. The highest BCUT2D eigenvalue weighted by atomic mass is 19.3. The molecule has 1 aliphatic carbocycles. The van der Waals surface area contributed by atoms with E-state index >= 15 is 0 Å². The van der Waals surface area contributed by atoms with E-state index in [0.717, 1.165) is 11.5 Å². The van der Waals surface area contributed by atoms with Crippen LogP contribution >= 0.6 is 0 Å². The van der Waals surface area contributed by atoms with Gasteiger partial charge in [0.2, 0.25) is 0 Å². The minimum atomic E-state index is -2.81. The van der Waals surface area contributed by atoms with Crippen LogP contribution in [0.1, 0.15) is 102 Å². The van der Waals surface area contributed by atoms with Gasteiger partial charge in [0, 0.05) is 11.5 Å². The molecule has 1 aromatic rings. The van der Waals surface area contributed by atoms with Gasteiger partial charge in [0.15, 0.2) is 6.29 Å². The van der Waals surface area contributed by atoms with E-state index in [1.54, 1.807) is 12.1 Å². The molecule has 0 N–H and O–H groups in total. The Kier molecular flexibility index (Phi) is 11.2. The Hall–Kier alpha value is -1.20. The van der Waals surface area contributed by atoms with Gasteiger partial charge in [-0.15, -0.1) is 0 Å². The molecule has 0 radical (unpaired) electrons. The number of benzene rings is 1. The molecule has 1 saturated carbocycles. The molecule has 0 amide bonds. The molecule has 0 bridgehead atoms. The molecule has 1 aromatic carbocycles. The van der Waals surface area contributed by atoms with Crippen molar-refractivity contribution in [2.24, 2.45) is 17.8 Å². The van der Waals surface area contributed by atoms with Crippen LogP contribution in [0.15, 0.2) is 24.3 Å². The molecule has 32 heavy (non-hydrogen) atoms. The van der Waals surface area contributed by atoms with Gasteiger partial charge in [-0.25, -0.2) is 0 Å². The van der Waals surface area contributed by atoms with E-state index in [9.17, 15) is 8.78 Å². The van der Waals surface area contributed by atoms with Gasteiger partial charge in [-0.2, -0.15) is 8.78 Å². The van der Waals surface area contributed by atoms with E-state index in [2.05, 4.69) is 11.7 Å². The number of ether oxygens (including phenoxy) is 3. The molecule has 0 unspecified atom stereocenters. The highest BCUT2D eigenvalue weighted by Crippen LogP contribution is 2.39. The molecule has 3 nitrogen and oxygen atoms in total. The molecule has 0 spiro atoms. The molecule has 1 aliphatic heterocycles. The lowest BCUT2D eigenvalue weighted by atomic mass is 9.74. The fraction of sp³-hybridized carbons (Fsp3) is 0.778. The molecular weight excluding hydrogens is 410 g/mol. The molecule has 0 aromatic heterocycles. The predicted molar refractivity (Wildman–Crippen MR) is 124 cm³/mol. The number of rotatable bonds is 13. The van der Waals surface area contributed by atoms with E-state index in [0.29, 0.717) is 25.0 Å². The number of hydrogen-bond donors (Lipinski definition) is 0. The van der Waals surface area contributed by atoms with Crippen LogP contribution in [0.4, 0.5) is 8.78 Å². The lowest BCUT2D eigenvalue weighted by Crippen LogP contribution is -2.34. The molecule has 182 valence electrons. The molecule has 1 saturated heterocycles. The van der Waals surface area contributed by atoms with E-state index in [1.807, 2.05) is 0 Å². The zero-order valence-electron chi connectivity index (χ0n) is 19.8. The summed E-state index contributed by atoms with van der Waals surface area (Å²) in [5.74, 6) is 2.24. The third-order valence-corrected chi connectivity index (χ3v) is 7.32. The topological polar surface area (TPSA) is 27.7 Å². The van der Waals surface area contributed by atoms with Crippen molar-refractivity contribution in [2.45, 2.75) is 103 Å². The first-order valence-corrected chi connectivity index (χ1v) is 12.9. The average molecular weight is 453 g/mol. The van der Waals surface area contributed by atoms with Crippen molar-refractivity contribution < 1.29 is 23.0 Å². The summed E-state index contributed by atoms with van der Waals surface area (Å²) in [6.07, 6.45) is 17.5. The molecule has 2 aliphatic rings. The van der Waals surface area contributed by atoms with Crippen molar-refractivity contribution in [1.29, 1.82) is 0 Å². The van der Waals surface area contributed by atoms with Crippen molar-refractivity contribution in [3.63, 3.8) is 0 Å². The Morgan fingerprint density at radius 2 is 1.41 bits per heavy atom. The first-order chi connectivity index (χ1) is 15.7. The number of unbranched alkanes of at least 4 members (excludes halogenated alkanes) is 7. The third kappa shape index (κ3) is 8.62. The summed E-state index contributed by atoms with van der Waals surface area (Å²) in [4.78, 5) is 0. The maximum atomic E-state index is 12.3. The Bertz CT molecular complexity index is 606. The number of hydrogen-bond acceptors (Lipinski definition) is 3. The maximum absolute atomic E-state index is 12.3. The van der Waals surface area contributed by atoms with Crippen LogP contribution in [-0.2, 0) is 9.47 Å². The van der Waals surface area contributed by atoms with Crippen molar-refractivity contribution in [1.82, 2.24) is 0 Å². The Balaban J connectivity index is 1.27. The summed E-state index contributed by atoms with van der Waals surface area (Å²) in [6.45, 7) is 0.901. The van der Waals surface area contributed by atoms with Crippen LogP contribution in [-0.4, -0.2) is 19.8 Å². The number of alkyl halides is 2. The SMILES string of the molecule is CCCCCCCCCCC1CCC(C2COC(c3ccc(OC(F)F)cc3)OC2)CC1. The average Bonchev–Trinajstić information content (AvgIpc) is 2.81. The second-order valence-corrected chi connectivity index (χ2v) is 9.75. The highest BCUT2D eigenvalue weighted by Gasteiger charge is 2.32. The van der Waals surface area contributed by atoms with Crippen molar-refractivity contribution >= 4 is 0 Å². The van der Waals surface area contributed by atoms with Crippen LogP contribution < -0.4 is 4.74 Å². The van der Waals surface area contributed by atoms with Crippen LogP contribution in [0.25, 0.3) is 0 Å². The highest BCUT2D eigenvalue weighted by molar-refractivity contribution is 5.28. The predicted octanol–water partition coefficient (Wildman–Crippen LogP) is 8.29. The molecule has 5 heteroatoms. The van der Waals surface area contributed by atoms with Crippen LogP contribution in [0.5, 0.6) is 5.75 Å². The largest absolute Gasteiger partial charge is 0.435 e. The summed E-state index contributed by atoms with van der Waals surface area (Å²) in [6, 6.07) is 6.54. The van der Waals surface area contributed by atoms with Gasteiger partial charge < -0.3 is 14.2 Å². The normalized spacial score (nSPS) is 26.4. The lowest BCUT2D eigenvalue weighted by molar-refractivity contribution is -0.214. The first kappa shape index (κ1) is 25.4. The number of halogens is 2. The van der Waals surface area contributed by atoms with Gasteiger partial charge in [-0.05, 0) is 36.8 Å². The smallest absolute Gasteiger partial charge is 0.387 e. The van der Waals surface area contributed by atoms with E-state index in [-0.39, 0.29) is 5.75 Å². The van der Waals surface area contributed by atoms with Gasteiger partial charge in [0.25, 0.3) is 0 Å². The Labute approximate surface area is 193 Å². The zero-order valence-corrected chi connectivity index (χ0v) is 19.8. The quantitative estimate of drug-likeness (QED) is 0.282. The van der Waals surface area contributed by atoms with E-state index < -0.39 is 12.9 Å². The first-order valence-electron chi connectivity index (χ1n) is 12.9. The van der Waals surface area contributed by atoms with Gasteiger partial charge >= 0.3 is 6.61 Å². The summed E-state index contributed by atoms with van der Waals surface area (Å²) < 4.78 is 41.0. The van der Waals surface area contributed by atoms with Crippen molar-refractivity contribution in [3.05, 3.63) is 29.8 Å². The fourth-order valence-electron chi connectivity index (χ4n) is 5.30. The lowest BCUT2D eigenvalue weighted by Gasteiger charge is -2.38. The van der Waals surface area contributed by atoms with Gasteiger partial charge in [0.05, 0.1) is 13.2 Å². The standard InChI is InChI=1S/C27H42F2O3/c1-2-3-4-5-6-7-8-9-10-21-11-13-22(14-12-21)24-19-30-26(31-20-24)23-15-17-25(18-16-23)32-27(28)29/h15-18,21-22,24,26-27H,2-14,19-20H2,1H3. The summed E-state index contributed by atoms with van der Waals surface area (Å²) in [5.41, 5.74) is 0.846. The minimum Gasteiger partial charge on any atom is -0.435 e. The second-order valence-electron chi connectivity index (χ2n) is 9.75. The zero-order chi connectivity index (χ0) is 22.6. The van der Waals surface area contributed by atoms with Crippen LogP contribution in [0.3, 0.4) is 0 Å². The van der Waals surface area contributed by atoms with E-state index in [4.69, 9.17) is 9.47 Å². The van der Waals surface area contributed by atoms with Crippen LogP contribution in [0, 0.1) is 17.8 Å². The van der Waals surface area contributed by atoms with Gasteiger partial charge in [-0.1, -0.05) is 89.7 Å². The monoisotopic (exact) mass is 452 g/mol. The molecular formula is C27H42F2O3. The van der Waals surface area contributed by atoms with Gasteiger partial charge in [0.1, 0.15) is 5.75 Å². The summed E-state index contributed by atoms with van der Waals surface area (Å²) in [5, 5.41) is 0. The van der Waals surface area contributed by atoms with Crippen molar-refractivity contribution in [3.8, 4) is 5.75 Å². The Morgan fingerprint density at radius 3 is 2.00 bits per heavy atom. The van der Waals surface area contributed by atoms with E-state index in [1.165, 1.54) is 95.6 Å². The van der Waals surface area contributed by atoms with Crippen molar-refractivity contribution in [2.75, 3.05) is 13.2 Å². The summed E-state index contributed by atoms with van der Waals surface area (Å²) >= 11 is 0. The molecule has 3 rings (SSSR count). The Morgan fingerprint density at radius 1 is 0.812 bits per heavy atom. The molecule has 0 atom stereocenters. The van der Waals surface area contributed by atoms with Crippen LogP contribution in [0.2, 0.25) is 0 Å². The molecule has 1 heterocycles. The second kappa shape index (κ2) is 14.1. The fourth-order valence-corrected chi connectivity index (χ4v) is 5.30. The van der Waals surface area contributed by atoms with Gasteiger partial charge in [-0.3, -0.25) is 0 Å². The minimum absolute atomic E-state index is 0.154. The molecule has 2 fully saturated rings. The maximum Gasteiger partial charge on any atom is 0.387 e.